The maximum atomic E-state index is 13.2. The minimum atomic E-state index is -0.261. The van der Waals surface area contributed by atoms with Crippen LogP contribution in [0.2, 0.25) is 0 Å². The largest absolute Gasteiger partial charge is 0.368 e. The third kappa shape index (κ3) is 3.74. The zero-order valence-electron chi connectivity index (χ0n) is 17.9. The lowest BCUT2D eigenvalue weighted by molar-refractivity contribution is -0.132. The minimum Gasteiger partial charge on any atom is -0.368 e. The summed E-state index contributed by atoms with van der Waals surface area (Å²) in [5.74, 6) is 0.264. The quantitative estimate of drug-likeness (QED) is 0.629. The molecule has 1 saturated heterocycles. The number of fused-ring (bicyclic) bond motifs is 1. The van der Waals surface area contributed by atoms with E-state index in [2.05, 4.69) is 10.00 Å². The summed E-state index contributed by atoms with van der Waals surface area (Å²) < 4.78 is 17.0. The van der Waals surface area contributed by atoms with E-state index < -0.39 is 0 Å². The van der Waals surface area contributed by atoms with Crippen molar-refractivity contribution >= 4 is 23.3 Å². The van der Waals surface area contributed by atoms with Crippen LogP contribution in [-0.2, 0) is 23.2 Å². The molecule has 9 heteroatoms. The van der Waals surface area contributed by atoms with Crippen LogP contribution in [0.15, 0.2) is 48.7 Å². The van der Waals surface area contributed by atoms with Gasteiger partial charge in [0.2, 0.25) is 11.8 Å². The first-order chi connectivity index (χ1) is 15.5. The molecule has 4 heterocycles. The van der Waals surface area contributed by atoms with Gasteiger partial charge in [0.15, 0.2) is 0 Å². The van der Waals surface area contributed by atoms with E-state index in [9.17, 15) is 14.0 Å². The highest BCUT2D eigenvalue weighted by molar-refractivity contribution is 5.99. The minimum absolute atomic E-state index is 0.00759. The van der Waals surface area contributed by atoms with Gasteiger partial charge in [-0.05, 0) is 36.4 Å². The second kappa shape index (κ2) is 8.14. The van der Waals surface area contributed by atoms with Crippen LogP contribution in [0.3, 0.4) is 0 Å². The van der Waals surface area contributed by atoms with Crippen molar-refractivity contribution in [1.29, 1.82) is 0 Å². The lowest BCUT2D eigenvalue weighted by atomic mass is 10.2. The smallest absolute Gasteiger partial charge is 0.242 e. The van der Waals surface area contributed by atoms with Gasteiger partial charge in [-0.2, -0.15) is 5.10 Å². The molecular weight excluding hydrogens is 411 g/mol. The first-order valence-electron chi connectivity index (χ1n) is 10.8. The van der Waals surface area contributed by atoms with Gasteiger partial charge in [-0.1, -0.05) is 0 Å². The van der Waals surface area contributed by atoms with Crippen molar-refractivity contribution in [2.75, 3.05) is 42.5 Å². The van der Waals surface area contributed by atoms with Gasteiger partial charge in [-0.15, -0.1) is 0 Å². The third-order valence-corrected chi connectivity index (χ3v) is 6.20. The molecule has 8 nitrogen and oxygen atoms in total. The molecule has 0 atom stereocenters. The number of hydrogen-bond acceptors (Lipinski definition) is 4. The van der Waals surface area contributed by atoms with Crippen LogP contribution in [-0.4, -0.2) is 63.8 Å². The Balaban J connectivity index is 1.27. The molecule has 3 aromatic rings. The van der Waals surface area contributed by atoms with Crippen LogP contribution < -0.4 is 9.80 Å². The van der Waals surface area contributed by atoms with E-state index in [4.69, 9.17) is 0 Å². The Labute approximate surface area is 185 Å². The molecule has 1 fully saturated rings. The van der Waals surface area contributed by atoms with Gasteiger partial charge in [0.25, 0.3) is 0 Å². The number of benzene rings is 1. The van der Waals surface area contributed by atoms with E-state index in [-0.39, 0.29) is 24.2 Å². The number of aromatic nitrogens is 3. The molecule has 1 aromatic carbocycles. The van der Waals surface area contributed by atoms with E-state index in [1.807, 2.05) is 40.7 Å². The predicted octanol–water partition coefficient (Wildman–Crippen LogP) is 2.11. The molecule has 0 spiro atoms. The van der Waals surface area contributed by atoms with Gasteiger partial charge in [0, 0.05) is 57.6 Å². The molecule has 166 valence electrons. The van der Waals surface area contributed by atoms with Crippen molar-refractivity contribution in [3.63, 3.8) is 0 Å². The average Bonchev–Trinajstić information content (AvgIpc) is 3.42. The molecular formula is C23H25FN6O2. The number of nitrogens with zero attached hydrogens (tertiary/aromatic N) is 6. The van der Waals surface area contributed by atoms with Gasteiger partial charge >= 0.3 is 0 Å². The van der Waals surface area contributed by atoms with E-state index in [0.29, 0.717) is 45.0 Å². The average molecular weight is 436 g/mol. The van der Waals surface area contributed by atoms with E-state index in [1.54, 1.807) is 21.9 Å². The van der Waals surface area contributed by atoms with Crippen molar-refractivity contribution in [1.82, 2.24) is 19.2 Å². The van der Waals surface area contributed by atoms with Crippen LogP contribution in [0.1, 0.15) is 6.42 Å². The van der Waals surface area contributed by atoms with Crippen LogP contribution in [0, 0.1) is 5.82 Å². The van der Waals surface area contributed by atoms with E-state index >= 15 is 0 Å². The zero-order valence-corrected chi connectivity index (χ0v) is 17.9. The van der Waals surface area contributed by atoms with E-state index in [0.717, 1.165) is 17.1 Å². The van der Waals surface area contributed by atoms with E-state index in [1.165, 1.54) is 12.1 Å². The summed E-state index contributed by atoms with van der Waals surface area (Å²) in [6.07, 6.45) is 2.28. The van der Waals surface area contributed by atoms with Crippen LogP contribution >= 0.6 is 0 Å². The van der Waals surface area contributed by atoms with Crippen molar-refractivity contribution in [2.24, 2.45) is 7.05 Å². The zero-order chi connectivity index (χ0) is 22.2. The Morgan fingerprint density at radius 1 is 1.06 bits per heavy atom. The molecule has 0 N–H and O–H groups in total. The topological polar surface area (TPSA) is 66.6 Å². The summed E-state index contributed by atoms with van der Waals surface area (Å²) in [5.41, 5.74) is 2.69. The van der Waals surface area contributed by atoms with Gasteiger partial charge in [0.1, 0.15) is 23.9 Å². The first kappa shape index (κ1) is 20.3. The van der Waals surface area contributed by atoms with Crippen molar-refractivity contribution in [2.45, 2.75) is 13.0 Å². The Kier molecular flexibility index (Phi) is 5.16. The SMILES string of the molecule is Cn1cccc1-c1cc2n(n1)CCC(=O)N2CC(=O)N1CCN(c2ccc(F)cc2)CC1. The number of rotatable bonds is 4. The van der Waals surface area contributed by atoms with Gasteiger partial charge in [-0.25, -0.2) is 9.07 Å². The van der Waals surface area contributed by atoms with Crippen LogP contribution in [0.25, 0.3) is 11.4 Å². The normalized spacial score (nSPS) is 16.4. The summed E-state index contributed by atoms with van der Waals surface area (Å²) in [4.78, 5) is 31.2. The number of hydrogen-bond donors (Lipinski definition) is 0. The van der Waals surface area contributed by atoms with Gasteiger partial charge in [0.05, 0.1) is 12.2 Å². The number of carbonyl (C=O) groups is 2. The summed E-state index contributed by atoms with van der Waals surface area (Å²) in [7, 11) is 1.95. The molecule has 0 unspecified atom stereocenters. The Morgan fingerprint density at radius 2 is 1.81 bits per heavy atom. The number of halogens is 1. The molecule has 32 heavy (non-hydrogen) atoms. The second-order valence-corrected chi connectivity index (χ2v) is 8.19. The molecule has 2 aliphatic rings. The molecule has 2 aliphatic heterocycles. The Morgan fingerprint density at radius 3 is 2.50 bits per heavy atom. The third-order valence-electron chi connectivity index (χ3n) is 6.20. The van der Waals surface area contributed by atoms with Crippen molar-refractivity contribution in [3.05, 3.63) is 54.5 Å². The maximum absolute atomic E-state index is 13.2. The van der Waals surface area contributed by atoms with Crippen LogP contribution in [0.5, 0.6) is 0 Å². The highest BCUT2D eigenvalue weighted by atomic mass is 19.1. The van der Waals surface area contributed by atoms with Gasteiger partial charge < -0.3 is 14.4 Å². The molecule has 0 bridgehead atoms. The lowest BCUT2D eigenvalue weighted by Crippen LogP contribution is -2.52. The number of anilines is 2. The van der Waals surface area contributed by atoms with Crippen molar-refractivity contribution < 1.29 is 14.0 Å². The summed E-state index contributed by atoms with van der Waals surface area (Å²) >= 11 is 0. The molecule has 2 amide bonds. The number of carbonyl (C=O) groups excluding carboxylic acids is 2. The fourth-order valence-electron chi connectivity index (χ4n) is 4.38. The number of aryl methyl sites for hydroxylation is 2. The molecule has 0 radical (unpaired) electrons. The monoisotopic (exact) mass is 436 g/mol. The van der Waals surface area contributed by atoms with Crippen LogP contribution in [0.4, 0.5) is 15.9 Å². The second-order valence-electron chi connectivity index (χ2n) is 8.19. The van der Waals surface area contributed by atoms with Gasteiger partial charge in [-0.3, -0.25) is 14.5 Å². The Bertz CT molecular complexity index is 1140. The Hall–Kier alpha value is -3.62. The maximum Gasteiger partial charge on any atom is 0.242 e. The summed E-state index contributed by atoms with van der Waals surface area (Å²) in [6.45, 7) is 2.98. The summed E-state index contributed by atoms with van der Waals surface area (Å²) in [5, 5.41) is 4.65. The highest BCUT2D eigenvalue weighted by Gasteiger charge is 2.31. The number of piperazine rings is 1. The molecule has 2 aromatic heterocycles. The standard InChI is InChI=1S/C23H25FN6O2/c1-26-9-2-3-20(26)19-15-21-29(22(31)8-10-30(21)25-19)16-23(32)28-13-11-27(12-14-28)18-6-4-17(24)5-7-18/h2-7,9,15H,8,10-14,16H2,1H3. The summed E-state index contributed by atoms with van der Waals surface area (Å²) in [6, 6.07) is 12.2. The lowest BCUT2D eigenvalue weighted by Gasteiger charge is -2.37. The fourth-order valence-corrected chi connectivity index (χ4v) is 4.38. The molecule has 0 aliphatic carbocycles. The number of amides is 2. The first-order valence-corrected chi connectivity index (χ1v) is 10.8. The molecule has 5 rings (SSSR count). The van der Waals surface area contributed by atoms with Crippen molar-refractivity contribution in [3.8, 4) is 11.4 Å². The fraction of sp³-hybridized carbons (Fsp3) is 0.348. The predicted molar refractivity (Wildman–Crippen MR) is 119 cm³/mol. The molecule has 0 saturated carbocycles. The highest BCUT2D eigenvalue weighted by Crippen LogP contribution is 2.28.